The molecular weight excluding hydrogens is 232 g/mol. The summed E-state index contributed by atoms with van der Waals surface area (Å²) in [7, 11) is 0. The molecule has 0 aliphatic rings. The number of carbonyl (C=O) groups is 1. The molecule has 0 aliphatic carbocycles. The third-order valence-electron chi connectivity index (χ3n) is 2.99. The topological polar surface area (TPSA) is 72.2 Å². The Kier molecular flexibility index (Phi) is 4.83. The second-order valence-electron chi connectivity index (χ2n) is 4.25. The zero-order valence-electron chi connectivity index (χ0n) is 10.9. The normalized spacial score (nSPS) is 11.9. The third kappa shape index (κ3) is 3.29. The van der Waals surface area contributed by atoms with E-state index in [1.807, 2.05) is 20.8 Å². The van der Waals surface area contributed by atoms with Crippen molar-refractivity contribution in [2.45, 2.75) is 33.6 Å². The maximum Gasteiger partial charge on any atom is 0.274 e. The van der Waals surface area contributed by atoms with E-state index in [2.05, 4.69) is 5.32 Å². The second-order valence-corrected chi connectivity index (χ2v) is 4.25. The fourth-order valence-corrected chi connectivity index (χ4v) is 1.56. The van der Waals surface area contributed by atoms with E-state index < -0.39 is 4.92 Å². The number of aryl methyl sites for hydroxylation is 1. The predicted molar refractivity (Wildman–Crippen MR) is 70.6 cm³/mol. The van der Waals surface area contributed by atoms with Gasteiger partial charge in [0.05, 0.1) is 4.92 Å². The lowest BCUT2D eigenvalue weighted by atomic mass is 10.1. The summed E-state index contributed by atoms with van der Waals surface area (Å²) < 4.78 is 0. The molecule has 0 fully saturated rings. The highest BCUT2D eigenvalue weighted by atomic mass is 16.6. The first-order valence-corrected chi connectivity index (χ1v) is 6.07. The van der Waals surface area contributed by atoms with E-state index in [9.17, 15) is 14.9 Å². The number of amides is 1. The first-order chi connectivity index (χ1) is 8.49. The van der Waals surface area contributed by atoms with Crippen molar-refractivity contribution >= 4 is 17.3 Å². The SMILES string of the molecule is CCc1ccc(NC(=O)[C@H](C)CC)cc1[N+](=O)[O-]. The summed E-state index contributed by atoms with van der Waals surface area (Å²) >= 11 is 0. The fourth-order valence-electron chi connectivity index (χ4n) is 1.56. The summed E-state index contributed by atoms with van der Waals surface area (Å²) in [5.41, 5.74) is 1.20. The molecule has 1 aromatic rings. The van der Waals surface area contributed by atoms with Crippen LogP contribution in [0, 0.1) is 16.0 Å². The number of rotatable bonds is 5. The van der Waals surface area contributed by atoms with Crippen LogP contribution in [0.15, 0.2) is 18.2 Å². The molecule has 18 heavy (non-hydrogen) atoms. The van der Waals surface area contributed by atoms with Crippen LogP contribution in [0.3, 0.4) is 0 Å². The van der Waals surface area contributed by atoms with Crippen molar-refractivity contribution in [3.05, 3.63) is 33.9 Å². The molecule has 98 valence electrons. The largest absolute Gasteiger partial charge is 0.326 e. The molecule has 1 N–H and O–H groups in total. The van der Waals surface area contributed by atoms with E-state index in [-0.39, 0.29) is 17.5 Å². The average Bonchev–Trinajstić information content (AvgIpc) is 2.37. The molecule has 0 aliphatic heterocycles. The molecule has 0 saturated carbocycles. The Labute approximate surface area is 106 Å². The maximum atomic E-state index is 11.7. The number of nitrogens with one attached hydrogen (secondary N) is 1. The van der Waals surface area contributed by atoms with Gasteiger partial charge in [0.1, 0.15) is 0 Å². The molecule has 0 radical (unpaired) electrons. The summed E-state index contributed by atoms with van der Waals surface area (Å²) in [6.07, 6.45) is 1.33. The van der Waals surface area contributed by atoms with Crippen molar-refractivity contribution in [2.75, 3.05) is 5.32 Å². The van der Waals surface area contributed by atoms with Crippen LogP contribution in [0.4, 0.5) is 11.4 Å². The Hall–Kier alpha value is -1.91. The Morgan fingerprint density at radius 3 is 2.61 bits per heavy atom. The Balaban J connectivity index is 2.95. The van der Waals surface area contributed by atoms with Crippen molar-refractivity contribution in [3.63, 3.8) is 0 Å². The summed E-state index contributed by atoms with van der Waals surface area (Å²) in [5.74, 6) is -0.217. The minimum Gasteiger partial charge on any atom is -0.326 e. The van der Waals surface area contributed by atoms with Gasteiger partial charge >= 0.3 is 0 Å². The first-order valence-electron chi connectivity index (χ1n) is 6.07. The van der Waals surface area contributed by atoms with Crippen LogP contribution >= 0.6 is 0 Å². The molecule has 0 saturated heterocycles. The summed E-state index contributed by atoms with van der Waals surface area (Å²) in [4.78, 5) is 22.2. The monoisotopic (exact) mass is 250 g/mol. The van der Waals surface area contributed by atoms with Crippen molar-refractivity contribution in [3.8, 4) is 0 Å². The Morgan fingerprint density at radius 1 is 1.44 bits per heavy atom. The van der Waals surface area contributed by atoms with Crippen molar-refractivity contribution in [2.24, 2.45) is 5.92 Å². The summed E-state index contributed by atoms with van der Waals surface area (Å²) in [6, 6.07) is 4.80. The van der Waals surface area contributed by atoms with E-state index in [0.29, 0.717) is 17.7 Å². The molecule has 1 aromatic carbocycles. The number of anilines is 1. The Bertz CT molecular complexity index is 458. The van der Waals surface area contributed by atoms with E-state index in [1.165, 1.54) is 6.07 Å². The lowest BCUT2D eigenvalue weighted by molar-refractivity contribution is -0.385. The molecule has 0 spiro atoms. The first kappa shape index (κ1) is 14.2. The van der Waals surface area contributed by atoms with Gasteiger partial charge in [-0.2, -0.15) is 0 Å². The van der Waals surface area contributed by atoms with Crippen molar-refractivity contribution in [1.29, 1.82) is 0 Å². The van der Waals surface area contributed by atoms with Gasteiger partial charge in [0, 0.05) is 23.2 Å². The van der Waals surface area contributed by atoms with Crippen LogP contribution in [0.25, 0.3) is 0 Å². The standard InChI is InChI=1S/C13H18N2O3/c1-4-9(3)13(16)14-11-7-6-10(5-2)12(8-11)15(17)18/h6-9H,4-5H2,1-3H3,(H,14,16)/t9-/m1/s1. The number of hydrogen-bond acceptors (Lipinski definition) is 3. The third-order valence-corrected chi connectivity index (χ3v) is 2.99. The van der Waals surface area contributed by atoms with Crippen LogP contribution in [-0.2, 0) is 11.2 Å². The molecule has 0 unspecified atom stereocenters. The number of carbonyl (C=O) groups excluding carboxylic acids is 1. The van der Waals surface area contributed by atoms with Gasteiger partial charge in [-0.25, -0.2) is 0 Å². The van der Waals surface area contributed by atoms with Gasteiger partial charge in [-0.15, -0.1) is 0 Å². The highest BCUT2D eigenvalue weighted by Crippen LogP contribution is 2.24. The number of nitro groups is 1. The summed E-state index contributed by atoms with van der Waals surface area (Å²) in [5, 5.41) is 13.6. The number of nitrogens with zero attached hydrogens (tertiary/aromatic N) is 1. The van der Waals surface area contributed by atoms with Gasteiger partial charge in [-0.3, -0.25) is 14.9 Å². The molecular formula is C13H18N2O3. The second kappa shape index (κ2) is 6.14. The van der Waals surface area contributed by atoms with E-state index >= 15 is 0 Å². The van der Waals surface area contributed by atoms with Gasteiger partial charge in [-0.1, -0.05) is 26.8 Å². The number of nitro benzene ring substituents is 1. The Morgan fingerprint density at radius 2 is 2.11 bits per heavy atom. The molecule has 0 bridgehead atoms. The quantitative estimate of drug-likeness (QED) is 0.644. The highest BCUT2D eigenvalue weighted by molar-refractivity contribution is 5.92. The number of benzene rings is 1. The molecule has 5 nitrogen and oxygen atoms in total. The van der Waals surface area contributed by atoms with Crippen LogP contribution in [0.1, 0.15) is 32.8 Å². The van der Waals surface area contributed by atoms with Gasteiger partial charge < -0.3 is 5.32 Å². The van der Waals surface area contributed by atoms with E-state index in [4.69, 9.17) is 0 Å². The molecule has 0 aromatic heterocycles. The average molecular weight is 250 g/mol. The zero-order valence-corrected chi connectivity index (χ0v) is 10.9. The minimum atomic E-state index is -0.419. The maximum absolute atomic E-state index is 11.7. The summed E-state index contributed by atoms with van der Waals surface area (Å²) in [6.45, 7) is 5.61. The molecule has 1 amide bonds. The van der Waals surface area contributed by atoms with Crippen LogP contribution in [-0.4, -0.2) is 10.8 Å². The smallest absolute Gasteiger partial charge is 0.274 e. The molecule has 1 rings (SSSR count). The predicted octanol–water partition coefficient (Wildman–Crippen LogP) is 3.14. The van der Waals surface area contributed by atoms with Gasteiger partial charge in [-0.05, 0) is 18.9 Å². The minimum absolute atomic E-state index is 0.0550. The van der Waals surface area contributed by atoms with Crippen LogP contribution in [0.5, 0.6) is 0 Å². The zero-order chi connectivity index (χ0) is 13.7. The lowest BCUT2D eigenvalue weighted by Crippen LogP contribution is -2.19. The molecule has 5 heteroatoms. The van der Waals surface area contributed by atoms with Crippen molar-refractivity contribution in [1.82, 2.24) is 0 Å². The molecule has 1 atom stereocenters. The van der Waals surface area contributed by atoms with E-state index in [1.54, 1.807) is 12.1 Å². The van der Waals surface area contributed by atoms with Crippen LogP contribution < -0.4 is 5.32 Å². The highest BCUT2D eigenvalue weighted by Gasteiger charge is 2.15. The van der Waals surface area contributed by atoms with E-state index in [0.717, 1.165) is 6.42 Å². The fraction of sp³-hybridized carbons (Fsp3) is 0.462. The van der Waals surface area contributed by atoms with Crippen LogP contribution in [0.2, 0.25) is 0 Å². The molecule has 0 heterocycles. The van der Waals surface area contributed by atoms with Gasteiger partial charge in [0.25, 0.3) is 5.69 Å². The lowest BCUT2D eigenvalue weighted by Gasteiger charge is -2.10. The van der Waals surface area contributed by atoms with Gasteiger partial charge in [0.2, 0.25) is 5.91 Å². The number of hydrogen-bond donors (Lipinski definition) is 1. The van der Waals surface area contributed by atoms with Crippen molar-refractivity contribution < 1.29 is 9.72 Å². The van der Waals surface area contributed by atoms with Gasteiger partial charge in [0.15, 0.2) is 0 Å².